The van der Waals surface area contributed by atoms with Crippen LogP contribution in [0.3, 0.4) is 0 Å². The molecule has 21 heavy (non-hydrogen) atoms. The highest BCUT2D eigenvalue weighted by Crippen LogP contribution is 2.38. The second-order valence-corrected chi connectivity index (χ2v) is 5.24. The SMILES string of the molecule is Cl.Cn1c2c3cccc(Cl)c3nc-2c(F)c2ccccc21. The number of hydrogen-bond donors (Lipinski definition) is 0. The van der Waals surface area contributed by atoms with Crippen molar-refractivity contribution in [2.75, 3.05) is 0 Å². The highest BCUT2D eigenvalue weighted by molar-refractivity contribution is 6.35. The minimum Gasteiger partial charge on any atom is -0.342 e. The first-order valence-electron chi connectivity index (χ1n) is 6.29. The fourth-order valence-electron chi connectivity index (χ4n) is 2.80. The van der Waals surface area contributed by atoms with Crippen molar-refractivity contribution in [2.24, 2.45) is 7.05 Å². The summed E-state index contributed by atoms with van der Waals surface area (Å²) in [4.78, 5) is 4.40. The lowest BCUT2D eigenvalue weighted by Gasteiger charge is -2.13. The first-order valence-corrected chi connectivity index (χ1v) is 6.67. The van der Waals surface area contributed by atoms with E-state index in [1.807, 2.05) is 41.9 Å². The lowest BCUT2D eigenvalue weighted by atomic mass is 10.1. The Morgan fingerprint density at radius 2 is 1.76 bits per heavy atom. The van der Waals surface area contributed by atoms with Crippen LogP contribution in [0.2, 0.25) is 5.02 Å². The Morgan fingerprint density at radius 3 is 2.57 bits per heavy atom. The first kappa shape index (κ1) is 14.1. The lowest BCUT2D eigenvalue weighted by molar-refractivity contribution is 0.635. The Morgan fingerprint density at radius 1 is 1.05 bits per heavy atom. The third-order valence-electron chi connectivity index (χ3n) is 3.74. The fourth-order valence-corrected chi connectivity index (χ4v) is 3.02. The van der Waals surface area contributed by atoms with Gasteiger partial charge in [0.2, 0.25) is 0 Å². The summed E-state index contributed by atoms with van der Waals surface area (Å²) < 4.78 is 16.7. The number of fused-ring (bicyclic) bond motifs is 4. The fraction of sp³-hybridized carbons (Fsp3) is 0.0625. The molecule has 106 valence electrons. The van der Waals surface area contributed by atoms with Crippen LogP contribution in [0.15, 0.2) is 42.5 Å². The summed E-state index contributed by atoms with van der Waals surface area (Å²) in [7, 11) is 1.92. The Kier molecular flexibility index (Phi) is 3.27. The molecule has 4 rings (SSSR count). The summed E-state index contributed by atoms with van der Waals surface area (Å²) in [5.74, 6) is -0.291. The molecule has 2 aromatic rings. The zero-order valence-electron chi connectivity index (χ0n) is 11.1. The zero-order chi connectivity index (χ0) is 13.9. The van der Waals surface area contributed by atoms with E-state index in [9.17, 15) is 4.39 Å². The number of benzene rings is 2. The molecule has 0 atom stereocenters. The lowest BCUT2D eigenvalue weighted by Crippen LogP contribution is -2.02. The Labute approximate surface area is 131 Å². The highest BCUT2D eigenvalue weighted by atomic mass is 35.5. The van der Waals surface area contributed by atoms with E-state index < -0.39 is 0 Å². The number of rotatable bonds is 0. The maximum Gasteiger partial charge on any atom is 0.160 e. The first-order chi connectivity index (χ1) is 9.68. The van der Waals surface area contributed by atoms with E-state index in [-0.39, 0.29) is 18.2 Å². The summed E-state index contributed by atoms with van der Waals surface area (Å²) in [5.41, 5.74) is 2.63. The molecule has 2 aliphatic heterocycles. The Hall–Kier alpha value is -1.84. The van der Waals surface area contributed by atoms with Crippen LogP contribution in [-0.2, 0) is 7.05 Å². The molecule has 0 bridgehead atoms. The molecule has 2 nitrogen and oxygen atoms in total. The number of nitrogens with zero attached hydrogens (tertiary/aromatic N) is 2. The van der Waals surface area contributed by atoms with Gasteiger partial charge >= 0.3 is 0 Å². The standard InChI is InChI=1S/C16H10ClFN2.ClH/c1-20-12-8-3-2-5-9(12)13(18)15-16(20)10-6-4-7-11(17)14(10)19-15;/h2-8H,1H3;1H. The molecule has 2 aromatic carbocycles. The number of aromatic nitrogens is 2. The number of halogens is 3. The van der Waals surface area contributed by atoms with Crippen LogP contribution >= 0.6 is 24.0 Å². The topological polar surface area (TPSA) is 17.8 Å². The molecule has 0 aliphatic carbocycles. The highest BCUT2D eigenvalue weighted by Gasteiger charge is 2.22. The number of pyridine rings is 1. The molecule has 0 fully saturated rings. The van der Waals surface area contributed by atoms with E-state index in [4.69, 9.17) is 11.6 Å². The van der Waals surface area contributed by atoms with E-state index in [0.717, 1.165) is 16.6 Å². The molecule has 0 radical (unpaired) electrons. The van der Waals surface area contributed by atoms with Crippen molar-refractivity contribution in [1.82, 2.24) is 9.55 Å². The number of aryl methyl sites for hydroxylation is 1. The van der Waals surface area contributed by atoms with Crippen LogP contribution in [0.25, 0.3) is 33.2 Å². The second kappa shape index (κ2) is 4.86. The van der Waals surface area contributed by atoms with Crippen LogP contribution in [-0.4, -0.2) is 9.55 Å². The molecule has 2 heterocycles. The second-order valence-electron chi connectivity index (χ2n) is 4.84. The summed E-state index contributed by atoms with van der Waals surface area (Å²) in [5, 5.41) is 1.99. The van der Waals surface area contributed by atoms with E-state index in [1.54, 1.807) is 12.1 Å². The van der Waals surface area contributed by atoms with Gasteiger partial charge in [-0.15, -0.1) is 12.4 Å². The van der Waals surface area contributed by atoms with Crippen LogP contribution in [0.1, 0.15) is 0 Å². The molecular formula is C16H11Cl2FN2. The molecule has 0 saturated carbocycles. The Bertz CT molecular complexity index is 946. The van der Waals surface area contributed by atoms with Crippen molar-refractivity contribution < 1.29 is 4.39 Å². The monoisotopic (exact) mass is 320 g/mol. The van der Waals surface area contributed by atoms with Gasteiger partial charge in [0.15, 0.2) is 5.82 Å². The molecule has 0 spiro atoms. The smallest absolute Gasteiger partial charge is 0.160 e. The van der Waals surface area contributed by atoms with Gasteiger partial charge in [-0.1, -0.05) is 35.9 Å². The van der Waals surface area contributed by atoms with Gasteiger partial charge in [0.05, 0.1) is 21.7 Å². The van der Waals surface area contributed by atoms with Crippen LogP contribution in [0.5, 0.6) is 0 Å². The van der Waals surface area contributed by atoms with E-state index in [1.165, 1.54) is 0 Å². The van der Waals surface area contributed by atoms with Gasteiger partial charge in [-0.3, -0.25) is 0 Å². The molecular weight excluding hydrogens is 310 g/mol. The summed E-state index contributed by atoms with van der Waals surface area (Å²) in [6.45, 7) is 0. The van der Waals surface area contributed by atoms with Crippen molar-refractivity contribution in [2.45, 2.75) is 0 Å². The maximum absolute atomic E-state index is 14.7. The molecule has 0 saturated heterocycles. The molecule has 0 unspecified atom stereocenters. The zero-order valence-corrected chi connectivity index (χ0v) is 12.7. The predicted molar refractivity (Wildman–Crippen MR) is 87.1 cm³/mol. The summed E-state index contributed by atoms with van der Waals surface area (Å²) >= 11 is 6.17. The average molecular weight is 321 g/mol. The number of hydrogen-bond acceptors (Lipinski definition) is 1. The van der Waals surface area contributed by atoms with E-state index >= 15 is 0 Å². The largest absolute Gasteiger partial charge is 0.342 e. The van der Waals surface area contributed by atoms with Gasteiger partial charge in [-0.05, 0) is 18.2 Å². The van der Waals surface area contributed by atoms with Crippen LogP contribution < -0.4 is 0 Å². The van der Waals surface area contributed by atoms with Crippen LogP contribution in [0, 0.1) is 5.82 Å². The van der Waals surface area contributed by atoms with Crippen molar-refractivity contribution in [3.63, 3.8) is 0 Å². The predicted octanol–water partition coefficient (Wildman–Crippen LogP) is 5.05. The molecule has 2 aliphatic rings. The van der Waals surface area contributed by atoms with E-state index in [2.05, 4.69) is 4.98 Å². The van der Waals surface area contributed by atoms with Crippen molar-refractivity contribution >= 4 is 45.8 Å². The minimum atomic E-state index is -0.291. The van der Waals surface area contributed by atoms with Gasteiger partial charge in [-0.25, -0.2) is 9.37 Å². The molecule has 0 amide bonds. The quantitative estimate of drug-likeness (QED) is 0.443. The molecule has 0 N–H and O–H groups in total. The van der Waals surface area contributed by atoms with Gasteiger partial charge in [-0.2, -0.15) is 0 Å². The van der Waals surface area contributed by atoms with E-state index in [0.29, 0.717) is 21.6 Å². The normalized spacial score (nSPS) is 11.2. The summed E-state index contributed by atoms with van der Waals surface area (Å²) in [6.07, 6.45) is 0. The number of para-hydroxylation sites is 2. The van der Waals surface area contributed by atoms with Gasteiger partial charge in [0.25, 0.3) is 0 Å². The third kappa shape index (κ3) is 1.81. The van der Waals surface area contributed by atoms with Crippen LogP contribution in [0.4, 0.5) is 4.39 Å². The molecule has 0 aromatic heterocycles. The third-order valence-corrected chi connectivity index (χ3v) is 4.04. The van der Waals surface area contributed by atoms with Gasteiger partial charge in [0.1, 0.15) is 5.69 Å². The van der Waals surface area contributed by atoms with Gasteiger partial charge < -0.3 is 4.57 Å². The Balaban J connectivity index is 0.00000132. The van der Waals surface area contributed by atoms with Gasteiger partial charge in [0, 0.05) is 17.8 Å². The van der Waals surface area contributed by atoms with Crippen molar-refractivity contribution in [1.29, 1.82) is 0 Å². The molecule has 5 heteroatoms. The maximum atomic E-state index is 14.7. The average Bonchev–Trinajstić information content (AvgIpc) is 2.86. The van der Waals surface area contributed by atoms with Crippen molar-refractivity contribution in [3.05, 3.63) is 53.3 Å². The van der Waals surface area contributed by atoms with Crippen molar-refractivity contribution in [3.8, 4) is 11.4 Å². The summed E-state index contributed by atoms with van der Waals surface area (Å²) in [6, 6.07) is 13.0. The minimum absolute atomic E-state index is 0.